The predicted molar refractivity (Wildman–Crippen MR) is 49.1 cm³/mol. The second kappa shape index (κ2) is 3.84. The van der Waals surface area contributed by atoms with Gasteiger partial charge in [0, 0.05) is 11.4 Å². The van der Waals surface area contributed by atoms with Crippen molar-refractivity contribution in [3.63, 3.8) is 0 Å². The summed E-state index contributed by atoms with van der Waals surface area (Å²) in [4.78, 5) is 3.06. The minimum absolute atomic E-state index is 0.168. The Hall–Kier alpha value is -0.950. The zero-order valence-electron chi connectivity index (χ0n) is 6.81. The van der Waals surface area contributed by atoms with E-state index in [9.17, 15) is 8.78 Å². The molecule has 0 saturated carbocycles. The Labute approximate surface area is 83.3 Å². The van der Waals surface area contributed by atoms with Gasteiger partial charge < -0.3 is 4.85 Å². The van der Waals surface area contributed by atoms with Gasteiger partial charge in [-0.1, -0.05) is 15.9 Å². The highest BCUT2D eigenvalue weighted by Gasteiger charge is 2.20. The molecule has 0 aliphatic carbocycles. The molecule has 0 radical (unpaired) electrons. The Morgan fingerprint density at radius 2 is 1.85 bits per heavy atom. The third kappa shape index (κ3) is 2.04. The van der Waals surface area contributed by atoms with Gasteiger partial charge in [0.1, 0.15) is 17.2 Å². The largest absolute Gasteiger partial charge is 0.309 e. The average molecular weight is 246 g/mol. The Morgan fingerprint density at radius 1 is 1.38 bits per heavy atom. The maximum absolute atomic E-state index is 13.1. The molecule has 1 unspecified atom stereocenters. The van der Waals surface area contributed by atoms with E-state index in [4.69, 9.17) is 6.57 Å². The molecule has 0 N–H and O–H groups in total. The molecule has 1 aromatic carbocycles. The van der Waals surface area contributed by atoms with Gasteiger partial charge in [0.05, 0.1) is 0 Å². The van der Waals surface area contributed by atoms with Crippen LogP contribution in [0, 0.1) is 18.2 Å². The minimum atomic E-state index is -0.784. The highest BCUT2D eigenvalue weighted by Crippen LogP contribution is 2.26. The zero-order valence-corrected chi connectivity index (χ0v) is 8.40. The summed E-state index contributed by atoms with van der Waals surface area (Å²) in [5.41, 5.74) is -0.168. The molecular weight excluding hydrogens is 240 g/mol. The first-order valence-electron chi connectivity index (χ1n) is 3.57. The van der Waals surface area contributed by atoms with Crippen molar-refractivity contribution in [1.82, 2.24) is 0 Å². The van der Waals surface area contributed by atoms with Gasteiger partial charge in [-0.15, -0.1) is 0 Å². The molecule has 0 heterocycles. The van der Waals surface area contributed by atoms with Crippen LogP contribution in [0.4, 0.5) is 8.78 Å². The van der Waals surface area contributed by atoms with Gasteiger partial charge in [-0.3, -0.25) is 0 Å². The average Bonchev–Trinajstić information content (AvgIpc) is 2.02. The SMILES string of the molecule is [C-]#[N+]C(C)c1c(F)cc(Br)cc1F. The first kappa shape index (κ1) is 10.1. The topological polar surface area (TPSA) is 4.36 Å². The van der Waals surface area contributed by atoms with Crippen molar-refractivity contribution in [2.24, 2.45) is 0 Å². The van der Waals surface area contributed by atoms with Crippen LogP contribution >= 0.6 is 15.9 Å². The summed E-state index contributed by atoms with van der Waals surface area (Å²) >= 11 is 2.96. The molecule has 1 rings (SSSR count). The maximum Gasteiger partial charge on any atom is 0.251 e. The van der Waals surface area contributed by atoms with E-state index in [-0.39, 0.29) is 5.56 Å². The van der Waals surface area contributed by atoms with Crippen LogP contribution in [0.2, 0.25) is 0 Å². The molecule has 13 heavy (non-hydrogen) atoms. The van der Waals surface area contributed by atoms with E-state index < -0.39 is 17.7 Å². The van der Waals surface area contributed by atoms with Gasteiger partial charge in [0.15, 0.2) is 0 Å². The zero-order chi connectivity index (χ0) is 10.0. The number of halogens is 3. The van der Waals surface area contributed by atoms with Crippen molar-refractivity contribution in [1.29, 1.82) is 0 Å². The van der Waals surface area contributed by atoms with Crippen molar-refractivity contribution in [3.05, 3.63) is 45.2 Å². The second-order valence-electron chi connectivity index (χ2n) is 2.59. The van der Waals surface area contributed by atoms with Crippen LogP contribution in [0.1, 0.15) is 18.5 Å². The lowest BCUT2D eigenvalue weighted by atomic mass is 10.1. The molecule has 0 aliphatic heterocycles. The summed E-state index contributed by atoms with van der Waals surface area (Å²) in [5, 5.41) is 0. The molecule has 0 aliphatic rings. The van der Waals surface area contributed by atoms with Crippen LogP contribution in [-0.4, -0.2) is 0 Å². The summed E-state index contributed by atoms with van der Waals surface area (Å²) in [6.07, 6.45) is 0. The minimum Gasteiger partial charge on any atom is -0.309 e. The third-order valence-corrected chi connectivity index (χ3v) is 2.11. The van der Waals surface area contributed by atoms with Crippen molar-refractivity contribution in [3.8, 4) is 0 Å². The van der Waals surface area contributed by atoms with Crippen LogP contribution in [0.5, 0.6) is 0 Å². The van der Waals surface area contributed by atoms with Gasteiger partial charge in [-0.05, 0) is 12.1 Å². The van der Waals surface area contributed by atoms with E-state index in [0.717, 1.165) is 12.1 Å². The quantitative estimate of drug-likeness (QED) is 0.665. The number of rotatable bonds is 1. The van der Waals surface area contributed by atoms with Gasteiger partial charge in [0.25, 0.3) is 6.04 Å². The number of hydrogen-bond acceptors (Lipinski definition) is 0. The standard InChI is InChI=1S/C9H6BrF2N/c1-5(13-2)9-7(11)3-6(10)4-8(9)12/h3-5H,1H3. The molecule has 1 atom stereocenters. The van der Waals surface area contributed by atoms with Crippen molar-refractivity contribution < 1.29 is 8.78 Å². The molecule has 68 valence electrons. The number of benzene rings is 1. The Balaban J connectivity index is 3.30. The Kier molecular flexibility index (Phi) is 2.99. The molecule has 0 fully saturated rings. The summed E-state index contributed by atoms with van der Waals surface area (Å²) < 4.78 is 26.6. The van der Waals surface area contributed by atoms with E-state index in [2.05, 4.69) is 20.8 Å². The van der Waals surface area contributed by atoms with Crippen LogP contribution in [0.25, 0.3) is 4.85 Å². The van der Waals surface area contributed by atoms with Gasteiger partial charge in [-0.2, -0.15) is 0 Å². The smallest absolute Gasteiger partial charge is 0.251 e. The van der Waals surface area contributed by atoms with Crippen LogP contribution in [-0.2, 0) is 0 Å². The van der Waals surface area contributed by atoms with Gasteiger partial charge in [0.2, 0.25) is 0 Å². The predicted octanol–water partition coefficient (Wildman–Crippen LogP) is 3.71. The van der Waals surface area contributed by atoms with Crippen molar-refractivity contribution >= 4 is 15.9 Å². The van der Waals surface area contributed by atoms with E-state index in [1.807, 2.05) is 0 Å². The van der Waals surface area contributed by atoms with Crippen LogP contribution in [0.15, 0.2) is 16.6 Å². The molecule has 0 amide bonds. The summed E-state index contributed by atoms with van der Waals surface area (Å²) in [7, 11) is 0. The molecule has 1 aromatic rings. The van der Waals surface area contributed by atoms with E-state index in [1.54, 1.807) is 0 Å². The highest BCUT2D eigenvalue weighted by atomic mass is 79.9. The lowest BCUT2D eigenvalue weighted by Crippen LogP contribution is -1.97. The van der Waals surface area contributed by atoms with Gasteiger partial charge in [-0.25, -0.2) is 15.4 Å². The van der Waals surface area contributed by atoms with Crippen LogP contribution < -0.4 is 0 Å². The van der Waals surface area contributed by atoms with E-state index in [0.29, 0.717) is 4.47 Å². The maximum atomic E-state index is 13.1. The molecule has 4 heteroatoms. The number of hydrogen-bond donors (Lipinski definition) is 0. The lowest BCUT2D eigenvalue weighted by molar-refractivity contribution is 0.548. The molecular formula is C9H6BrF2N. The summed E-state index contributed by atoms with van der Waals surface area (Å²) in [6, 6.07) is 1.52. The van der Waals surface area contributed by atoms with Crippen LogP contribution in [0.3, 0.4) is 0 Å². The molecule has 0 spiro atoms. The fraction of sp³-hybridized carbons (Fsp3) is 0.222. The van der Waals surface area contributed by atoms with Crippen molar-refractivity contribution in [2.45, 2.75) is 13.0 Å². The monoisotopic (exact) mass is 245 g/mol. The fourth-order valence-electron chi connectivity index (χ4n) is 1.02. The van der Waals surface area contributed by atoms with E-state index >= 15 is 0 Å². The first-order chi connectivity index (χ1) is 6.06. The summed E-state index contributed by atoms with van der Waals surface area (Å²) in [6.45, 7) is 8.13. The molecule has 1 nitrogen and oxygen atoms in total. The fourth-order valence-corrected chi connectivity index (χ4v) is 1.42. The summed E-state index contributed by atoms with van der Waals surface area (Å²) in [5.74, 6) is -1.37. The van der Waals surface area contributed by atoms with E-state index in [1.165, 1.54) is 6.92 Å². The third-order valence-electron chi connectivity index (χ3n) is 1.66. The van der Waals surface area contributed by atoms with Gasteiger partial charge >= 0.3 is 0 Å². The first-order valence-corrected chi connectivity index (χ1v) is 4.36. The van der Waals surface area contributed by atoms with Crippen molar-refractivity contribution in [2.75, 3.05) is 0 Å². The molecule has 0 bridgehead atoms. The Bertz CT molecular complexity index is 347. The normalized spacial score (nSPS) is 12.2. The highest BCUT2D eigenvalue weighted by molar-refractivity contribution is 9.10. The molecule has 0 saturated heterocycles. The lowest BCUT2D eigenvalue weighted by Gasteiger charge is -2.03. The molecule has 0 aromatic heterocycles. The Morgan fingerprint density at radius 3 is 2.23 bits per heavy atom. The number of nitrogens with zero attached hydrogens (tertiary/aromatic N) is 1. The second-order valence-corrected chi connectivity index (χ2v) is 3.50.